The molecule has 2 atom stereocenters. The monoisotopic (exact) mass is 226 g/mol. The molecule has 1 aliphatic carbocycles. The predicted octanol–water partition coefficient (Wildman–Crippen LogP) is 1.07. The number of rotatable bonds is 3. The Kier molecular flexibility index (Phi) is 3.50. The number of likely N-dealkylation sites (tertiary alicyclic amines) is 1. The molecule has 0 aromatic heterocycles. The number of hydrogen-bond acceptors (Lipinski definition) is 3. The minimum atomic E-state index is -0.686. The molecule has 2 unspecified atom stereocenters. The molecular weight excluding hydrogens is 204 g/mol. The van der Waals surface area contributed by atoms with Crippen molar-refractivity contribution < 1.29 is 9.90 Å². The van der Waals surface area contributed by atoms with Crippen LogP contribution in [-0.2, 0) is 4.79 Å². The Labute approximate surface area is 97.0 Å². The second-order valence-electron chi connectivity index (χ2n) is 5.13. The zero-order chi connectivity index (χ0) is 11.6. The first kappa shape index (κ1) is 11.9. The Bertz CT molecular complexity index is 264. The Morgan fingerprint density at radius 1 is 1.38 bits per heavy atom. The quantitative estimate of drug-likeness (QED) is 0.756. The van der Waals surface area contributed by atoms with Crippen LogP contribution in [0.1, 0.15) is 38.5 Å². The average molecular weight is 226 g/mol. The van der Waals surface area contributed by atoms with Crippen LogP contribution >= 0.6 is 0 Å². The smallest absolute Gasteiger partial charge is 0.323 e. The molecule has 0 aromatic rings. The summed E-state index contributed by atoms with van der Waals surface area (Å²) in [7, 11) is 1.77. The van der Waals surface area contributed by atoms with E-state index in [4.69, 9.17) is 0 Å². The van der Waals surface area contributed by atoms with Crippen LogP contribution in [0.5, 0.6) is 0 Å². The van der Waals surface area contributed by atoms with Crippen LogP contribution in [0.3, 0.4) is 0 Å². The lowest BCUT2D eigenvalue weighted by Crippen LogP contribution is -2.50. The molecule has 0 aromatic carbocycles. The van der Waals surface area contributed by atoms with Gasteiger partial charge < -0.3 is 15.3 Å². The van der Waals surface area contributed by atoms with Crippen molar-refractivity contribution in [1.82, 2.24) is 10.2 Å². The first-order chi connectivity index (χ1) is 7.68. The van der Waals surface area contributed by atoms with Gasteiger partial charge in [-0.05, 0) is 52.2 Å². The highest BCUT2D eigenvalue weighted by atomic mass is 16.4. The van der Waals surface area contributed by atoms with Gasteiger partial charge in [0.25, 0.3) is 0 Å². The zero-order valence-electron chi connectivity index (χ0n) is 10.0. The van der Waals surface area contributed by atoms with E-state index >= 15 is 0 Å². The van der Waals surface area contributed by atoms with Crippen molar-refractivity contribution in [3.8, 4) is 0 Å². The maximum Gasteiger partial charge on any atom is 0.323 e. The van der Waals surface area contributed by atoms with E-state index in [0.29, 0.717) is 6.04 Å². The molecule has 2 aliphatic rings. The zero-order valence-corrected chi connectivity index (χ0v) is 10.0. The topological polar surface area (TPSA) is 52.6 Å². The minimum Gasteiger partial charge on any atom is -0.480 e. The van der Waals surface area contributed by atoms with Crippen LogP contribution in [0.4, 0.5) is 0 Å². The minimum absolute atomic E-state index is 0.476. The van der Waals surface area contributed by atoms with Gasteiger partial charge in [0.05, 0.1) is 0 Å². The van der Waals surface area contributed by atoms with Crippen molar-refractivity contribution >= 4 is 5.97 Å². The van der Waals surface area contributed by atoms with Crippen molar-refractivity contribution in [2.75, 3.05) is 20.1 Å². The van der Waals surface area contributed by atoms with Gasteiger partial charge in [0.15, 0.2) is 0 Å². The molecular formula is C12H22N2O2. The van der Waals surface area contributed by atoms with E-state index in [-0.39, 0.29) is 0 Å². The molecule has 2 rings (SSSR count). The summed E-state index contributed by atoms with van der Waals surface area (Å²) in [5, 5.41) is 12.3. The van der Waals surface area contributed by atoms with Gasteiger partial charge in [-0.1, -0.05) is 6.42 Å². The van der Waals surface area contributed by atoms with Crippen molar-refractivity contribution in [2.45, 2.75) is 50.1 Å². The Hall–Kier alpha value is -0.610. The van der Waals surface area contributed by atoms with Crippen molar-refractivity contribution in [1.29, 1.82) is 0 Å². The lowest BCUT2D eigenvalue weighted by atomic mass is 9.97. The van der Waals surface area contributed by atoms with Gasteiger partial charge >= 0.3 is 5.97 Å². The molecule has 2 N–H and O–H groups in total. The second-order valence-corrected chi connectivity index (χ2v) is 5.13. The number of nitrogens with zero attached hydrogens (tertiary/aromatic N) is 1. The van der Waals surface area contributed by atoms with E-state index in [9.17, 15) is 9.90 Å². The SMILES string of the molecule is CNC1(C(=O)O)CCC(N2CCCCC2)C1. The maximum absolute atomic E-state index is 11.3. The number of nitrogens with one attached hydrogen (secondary N) is 1. The van der Waals surface area contributed by atoms with Crippen LogP contribution in [-0.4, -0.2) is 47.7 Å². The van der Waals surface area contributed by atoms with Crippen LogP contribution in [0.15, 0.2) is 0 Å². The lowest BCUT2D eigenvalue weighted by molar-refractivity contribution is -0.144. The lowest BCUT2D eigenvalue weighted by Gasteiger charge is -2.33. The third kappa shape index (κ3) is 2.09. The summed E-state index contributed by atoms with van der Waals surface area (Å²) in [4.78, 5) is 13.8. The van der Waals surface area contributed by atoms with Crippen LogP contribution in [0.25, 0.3) is 0 Å². The van der Waals surface area contributed by atoms with Gasteiger partial charge in [-0.25, -0.2) is 0 Å². The van der Waals surface area contributed by atoms with E-state index in [2.05, 4.69) is 10.2 Å². The summed E-state index contributed by atoms with van der Waals surface area (Å²) in [6, 6.07) is 0.476. The molecule has 1 heterocycles. The summed E-state index contributed by atoms with van der Waals surface area (Å²) < 4.78 is 0. The fourth-order valence-electron chi connectivity index (χ4n) is 3.14. The van der Waals surface area contributed by atoms with Gasteiger partial charge in [0.1, 0.15) is 5.54 Å². The molecule has 1 aliphatic heterocycles. The normalized spacial score (nSPS) is 36.4. The highest BCUT2D eigenvalue weighted by Crippen LogP contribution is 2.34. The molecule has 0 bridgehead atoms. The van der Waals surface area contributed by atoms with E-state index in [1.165, 1.54) is 19.3 Å². The fourth-order valence-corrected chi connectivity index (χ4v) is 3.14. The highest BCUT2D eigenvalue weighted by Gasteiger charge is 2.45. The van der Waals surface area contributed by atoms with Crippen molar-refractivity contribution in [3.05, 3.63) is 0 Å². The van der Waals surface area contributed by atoms with E-state index < -0.39 is 11.5 Å². The first-order valence-corrected chi connectivity index (χ1v) is 6.34. The van der Waals surface area contributed by atoms with Crippen LogP contribution in [0, 0.1) is 0 Å². The van der Waals surface area contributed by atoms with Crippen molar-refractivity contribution in [2.24, 2.45) is 0 Å². The average Bonchev–Trinajstić information content (AvgIpc) is 2.76. The van der Waals surface area contributed by atoms with E-state index in [1.54, 1.807) is 7.05 Å². The Morgan fingerprint density at radius 2 is 2.06 bits per heavy atom. The van der Waals surface area contributed by atoms with Gasteiger partial charge in [-0.15, -0.1) is 0 Å². The van der Waals surface area contributed by atoms with E-state index in [1.807, 2.05) is 0 Å². The molecule has 1 saturated carbocycles. The fraction of sp³-hybridized carbons (Fsp3) is 0.917. The molecule has 2 fully saturated rings. The first-order valence-electron chi connectivity index (χ1n) is 6.34. The van der Waals surface area contributed by atoms with Crippen LogP contribution in [0.2, 0.25) is 0 Å². The molecule has 0 radical (unpaired) electrons. The molecule has 16 heavy (non-hydrogen) atoms. The van der Waals surface area contributed by atoms with Gasteiger partial charge in [0.2, 0.25) is 0 Å². The number of hydrogen-bond donors (Lipinski definition) is 2. The van der Waals surface area contributed by atoms with E-state index in [0.717, 1.165) is 32.4 Å². The van der Waals surface area contributed by atoms with Gasteiger partial charge in [-0.3, -0.25) is 4.79 Å². The number of carboxylic acids is 1. The standard InChI is InChI=1S/C12H22N2O2/c1-13-12(11(15)16)6-5-10(9-12)14-7-3-2-4-8-14/h10,13H,2-9H2,1H3,(H,15,16). The Morgan fingerprint density at radius 3 is 2.56 bits per heavy atom. The summed E-state index contributed by atoms with van der Waals surface area (Å²) in [6.45, 7) is 2.31. The molecule has 4 nitrogen and oxygen atoms in total. The largest absolute Gasteiger partial charge is 0.480 e. The summed E-state index contributed by atoms with van der Waals surface area (Å²) in [5.41, 5.74) is -0.665. The summed E-state index contributed by atoms with van der Waals surface area (Å²) in [5.74, 6) is -0.686. The number of carboxylic acid groups (broad SMARTS) is 1. The number of carbonyl (C=O) groups is 1. The summed E-state index contributed by atoms with van der Waals surface area (Å²) in [6.07, 6.45) is 6.43. The predicted molar refractivity (Wildman–Crippen MR) is 62.5 cm³/mol. The van der Waals surface area contributed by atoms with Crippen molar-refractivity contribution in [3.63, 3.8) is 0 Å². The van der Waals surface area contributed by atoms with Gasteiger partial charge in [-0.2, -0.15) is 0 Å². The molecule has 0 spiro atoms. The van der Waals surface area contributed by atoms with Gasteiger partial charge in [0, 0.05) is 6.04 Å². The molecule has 92 valence electrons. The summed E-state index contributed by atoms with van der Waals surface area (Å²) >= 11 is 0. The maximum atomic E-state index is 11.3. The third-order valence-corrected chi connectivity index (χ3v) is 4.28. The molecule has 0 amide bonds. The Balaban J connectivity index is 1.98. The molecule has 4 heteroatoms. The highest BCUT2D eigenvalue weighted by molar-refractivity contribution is 5.79. The number of likely N-dealkylation sites (N-methyl/N-ethyl adjacent to an activating group) is 1. The molecule has 1 saturated heterocycles. The number of piperidine rings is 1. The third-order valence-electron chi connectivity index (χ3n) is 4.28. The van der Waals surface area contributed by atoms with Crippen LogP contribution < -0.4 is 5.32 Å². The number of aliphatic carboxylic acids is 1. The second kappa shape index (κ2) is 4.72.